The lowest BCUT2D eigenvalue weighted by Gasteiger charge is -2.10. The summed E-state index contributed by atoms with van der Waals surface area (Å²) in [5, 5.41) is 20.6. The standard InChI is InChI=1S/C22H19N3O3/c1-15-11-18(16(2)24(15)20-7-9-22(28-3)10-8-20)12-19(14-23)17-5-4-6-21(13-17)25(26)27/h4-13H,1-3H3/b19-12-. The van der Waals surface area contributed by atoms with Crippen LogP contribution in [0.4, 0.5) is 5.69 Å². The number of ether oxygens (including phenoxy) is 1. The Morgan fingerprint density at radius 1 is 1.18 bits per heavy atom. The van der Waals surface area contributed by atoms with E-state index < -0.39 is 4.92 Å². The minimum Gasteiger partial charge on any atom is -0.497 e. The van der Waals surface area contributed by atoms with Crippen molar-refractivity contribution in [2.45, 2.75) is 13.8 Å². The van der Waals surface area contributed by atoms with E-state index in [4.69, 9.17) is 4.74 Å². The minimum absolute atomic E-state index is 0.0395. The van der Waals surface area contributed by atoms with Crippen molar-refractivity contribution < 1.29 is 9.66 Å². The van der Waals surface area contributed by atoms with Gasteiger partial charge in [0.2, 0.25) is 0 Å². The zero-order valence-corrected chi connectivity index (χ0v) is 15.8. The zero-order chi connectivity index (χ0) is 20.3. The Hall–Kier alpha value is -3.85. The van der Waals surface area contributed by atoms with Gasteiger partial charge < -0.3 is 9.30 Å². The van der Waals surface area contributed by atoms with Crippen LogP contribution in [-0.2, 0) is 0 Å². The number of hydrogen-bond acceptors (Lipinski definition) is 4. The molecule has 0 aliphatic rings. The molecule has 0 atom stereocenters. The number of methoxy groups -OCH3 is 1. The molecule has 0 radical (unpaired) electrons. The second-order valence-electron chi connectivity index (χ2n) is 6.34. The summed E-state index contributed by atoms with van der Waals surface area (Å²) in [6, 6.07) is 18.0. The lowest BCUT2D eigenvalue weighted by molar-refractivity contribution is -0.384. The molecule has 28 heavy (non-hydrogen) atoms. The van der Waals surface area contributed by atoms with Gasteiger partial charge in [0, 0.05) is 29.2 Å². The third-order valence-electron chi connectivity index (χ3n) is 4.59. The lowest BCUT2D eigenvalue weighted by Crippen LogP contribution is -1.99. The molecule has 6 nitrogen and oxygen atoms in total. The number of nitro groups is 1. The summed E-state index contributed by atoms with van der Waals surface area (Å²) in [5.74, 6) is 0.781. The largest absolute Gasteiger partial charge is 0.497 e. The van der Waals surface area contributed by atoms with Crippen LogP contribution in [0.2, 0.25) is 0 Å². The highest BCUT2D eigenvalue weighted by atomic mass is 16.6. The molecule has 3 rings (SSSR count). The fourth-order valence-electron chi connectivity index (χ4n) is 3.19. The minimum atomic E-state index is -0.464. The van der Waals surface area contributed by atoms with Crippen LogP contribution in [0.25, 0.3) is 17.3 Å². The maximum atomic E-state index is 11.0. The van der Waals surface area contributed by atoms with E-state index >= 15 is 0 Å². The number of nitriles is 1. The Kier molecular flexibility index (Phi) is 5.28. The van der Waals surface area contributed by atoms with Gasteiger partial charge in [-0.3, -0.25) is 10.1 Å². The van der Waals surface area contributed by atoms with Crippen molar-refractivity contribution in [3.05, 3.63) is 87.2 Å². The first-order valence-corrected chi connectivity index (χ1v) is 8.64. The number of non-ortho nitro benzene ring substituents is 1. The molecule has 2 aromatic carbocycles. The van der Waals surface area contributed by atoms with Gasteiger partial charge in [-0.1, -0.05) is 12.1 Å². The molecule has 0 aliphatic carbocycles. The van der Waals surface area contributed by atoms with E-state index in [1.807, 2.05) is 44.2 Å². The van der Waals surface area contributed by atoms with Gasteiger partial charge in [0.1, 0.15) is 5.75 Å². The SMILES string of the molecule is COc1ccc(-n2c(C)cc(/C=C(/C#N)c3cccc([N+](=O)[O-])c3)c2C)cc1. The van der Waals surface area contributed by atoms with Crippen LogP contribution in [0.15, 0.2) is 54.6 Å². The molecule has 6 heteroatoms. The predicted molar refractivity (Wildman–Crippen MR) is 108 cm³/mol. The van der Waals surface area contributed by atoms with Crippen LogP contribution in [0, 0.1) is 35.3 Å². The average molecular weight is 373 g/mol. The molecule has 3 aromatic rings. The number of aromatic nitrogens is 1. The van der Waals surface area contributed by atoms with Crippen LogP contribution in [0.1, 0.15) is 22.5 Å². The Morgan fingerprint density at radius 2 is 1.89 bits per heavy atom. The number of benzene rings is 2. The molecule has 0 spiro atoms. The van der Waals surface area contributed by atoms with Crippen molar-refractivity contribution in [3.8, 4) is 17.5 Å². The second-order valence-corrected chi connectivity index (χ2v) is 6.34. The van der Waals surface area contributed by atoms with Crippen molar-refractivity contribution in [1.29, 1.82) is 5.26 Å². The maximum Gasteiger partial charge on any atom is 0.270 e. The van der Waals surface area contributed by atoms with Gasteiger partial charge in [-0.05, 0) is 61.4 Å². The fourth-order valence-corrected chi connectivity index (χ4v) is 3.19. The number of aryl methyl sites for hydroxylation is 1. The molecule has 0 amide bonds. The Labute approximate surface area is 163 Å². The van der Waals surface area contributed by atoms with Crippen molar-refractivity contribution >= 4 is 17.3 Å². The van der Waals surface area contributed by atoms with Crippen LogP contribution >= 0.6 is 0 Å². The summed E-state index contributed by atoms with van der Waals surface area (Å²) in [6.07, 6.45) is 1.77. The summed E-state index contributed by atoms with van der Waals surface area (Å²) in [7, 11) is 1.63. The van der Waals surface area contributed by atoms with Gasteiger partial charge >= 0.3 is 0 Å². The van der Waals surface area contributed by atoms with E-state index in [0.717, 1.165) is 28.4 Å². The quantitative estimate of drug-likeness (QED) is 0.355. The van der Waals surface area contributed by atoms with Crippen molar-refractivity contribution in [2.24, 2.45) is 0 Å². The highest BCUT2D eigenvalue weighted by Gasteiger charge is 2.13. The molecule has 0 N–H and O–H groups in total. The second kappa shape index (κ2) is 7.80. The third kappa shape index (κ3) is 3.64. The van der Waals surface area contributed by atoms with Crippen molar-refractivity contribution in [2.75, 3.05) is 7.11 Å². The van der Waals surface area contributed by atoms with Gasteiger partial charge in [0.05, 0.1) is 23.7 Å². The fraction of sp³-hybridized carbons (Fsp3) is 0.136. The summed E-state index contributed by atoms with van der Waals surface area (Å²) in [5.41, 5.74) is 4.72. The molecular weight excluding hydrogens is 354 g/mol. The number of nitrogens with zero attached hydrogens (tertiary/aromatic N) is 3. The van der Waals surface area contributed by atoms with E-state index in [1.54, 1.807) is 25.3 Å². The Bertz CT molecular complexity index is 1100. The smallest absolute Gasteiger partial charge is 0.270 e. The van der Waals surface area contributed by atoms with Crippen LogP contribution in [-0.4, -0.2) is 16.6 Å². The van der Waals surface area contributed by atoms with Crippen LogP contribution in [0.5, 0.6) is 5.75 Å². The first-order chi connectivity index (χ1) is 13.4. The highest BCUT2D eigenvalue weighted by Crippen LogP contribution is 2.27. The zero-order valence-electron chi connectivity index (χ0n) is 15.8. The van der Waals surface area contributed by atoms with Crippen molar-refractivity contribution in [3.63, 3.8) is 0 Å². The molecule has 140 valence electrons. The van der Waals surface area contributed by atoms with E-state index in [1.165, 1.54) is 12.1 Å². The monoisotopic (exact) mass is 373 g/mol. The van der Waals surface area contributed by atoms with Gasteiger partial charge in [-0.2, -0.15) is 5.26 Å². The molecule has 0 unspecified atom stereocenters. The van der Waals surface area contributed by atoms with Gasteiger partial charge in [-0.15, -0.1) is 0 Å². The maximum absolute atomic E-state index is 11.0. The van der Waals surface area contributed by atoms with E-state index in [2.05, 4.69) is 10.6 Å². The number of nitro benzene ring substituents is 1. The molecular formula is C22H19N3O3. The lowest BCUT2D eigenvalue weighted by atomic mass is 10.0. The van der Waals surface area contributed by atoms with Crippen LogP contribution < -0.4 is 4.74 Å². The molecule has 0 aliphatic heterocycles. The van der Waals surface area contributed by atoms with E-state index in [9.17, 15) is 15.4 Å². The molecule has 0 fully saturated rings. The average Bonchev–Trinajstić information content (AvgIpc) is 2.99. The number of hydrogen-bond donors (Lipinski definition) is 0. The van der Waals surface area contributed by atoms with E-state index in [0.29, 0.717) is 11.1 Å². The summed E-state index contributed by atoms with van der Waals surface area (Å²) >= 11 is 0. The molecule has 1 aromatic heterocycles. The Balaban J connectivity index is 2.05. The van der Waals surface area contributed by atoms with E-state index in [-0.39, 0.29) is 5.69 Å². The first kappa shape index (κ1) is 18.9. The predicted octanol–water partition coefficient (Wildman–Crippen LogP) is 5.08. The van der Waals surface area contributed by atoms with Crippen LogP contribution in [0.3, 0.4) is 0 Å². The van der Waals surface area contributed by atoms with Gasteiger partial charge in [-0.25, -0.2) is 0 Å². The molecule has 0 saturated carbocycles. The molecule has 0 bridgehead atoms. The first-order valence-electron chi connectivity index (χ1n) is 8.64. The summed E-state index contributed by atoms with van der Waals surface area (Å²) < 4.78 is 7.30. The van der Waals surface area contributed by atoms with Crippen molar-refractivity contribution in [1.82, 2.24) is 4.57 Å². The summed E-state index contributed by atoms with van der Waals surface area (Å²) in [4.78, 5) is 10.6. The molecule has 1 heterocycles. The number of allylic oxidation sites excluding steroid dienone is 1. The number of rotatable bonds is 5. The normalized spacial score (nSPS) is 11.1. The Morgan fingerprint density at radius 3 is 2.50 bits per heavy atom. The summed E-state index contributed by atoms with van der Waals surface area (Å²) in [6.45, 7) is 3.97. The highest BCUT2D eigenvalue weighted by molar-refractivity contribution is 5.90. The van der Waals surface area contributed by atoms with Gasteiger partial charge in [0.25, 0.3) is 5.69 Å². The topological polar surface area (TPSA) is 81.1 Å². The molecule has 0 saturated heterocycles. The third-order valence-corrected chi connectivity index (χ3v) is 4.59. The van der Waals surface area contributed by atoms with Gasteiger partial charge in [0.15, 0.2) is 0 Å².